The van der Waals surface area contributed by atoms with Crippen LogP contribution in [0.2, 0.25) is 0 Å². The van der Waals surface area contributed by atoms with E-state index in [1.54, 1.807) is 0 Å². The van der Waals surface area contributed by atoms with Gasteiger partial charge in [-0.2, -0.15) is 0 Å². The second-order valence-corrected chi connectivity index (χ2v) is 3.65. The molecular formula is C10H10N2O2. The molecule has 1 saturated heterocycles. The van der Waals surface area contributed by atoms with Crippen LogP contribution in [0.5, 0.6) is 0 Å². The van der Waals surface area contributed by atoms with Gasteiger partial charge in [-0.05, 0) is 24.6 Å². The summed E-state index contributed by atoms with van der Waals surface area (Å²) in [5, 5.41) is 0. The van der Waals surface area contributed by atoms with Gasteiger partial charge in [0.15, 0.2) is 0 Å². The Labute approximate surface area is 79.9 Å². The van der Waals surface area contributed by atoms with E-state index in [4.69, 9.17) is 4.74 Å². The van der Waals surface area contributed by atoms with E-state index in [9.17, 15) is 4.79 Å². The first-order valence-electron chi connectivity index (χ1n) is 4.61. The summed E-state index contributed by atoms with van der Waals surface area (Å²) in [5.41, 5.74) is 2.64. The monoisotopic (exact) mass is 190 g/mol. The third kappa shape index (κ3) is 1.08. The Balaban J connectivity index is 2.15. The average molecular weight is 190 g/mol. The maximum atomic E-state index is 11.0. The first-order valence-corrected chi connectivity index (χ1v) is 4.61. The van der Waals surface area contributed by atoms with Gasteiger partial charge < -0.3 is 14.7 Å². The topological polar surface area (TPSA) is 61.2 Å². The van der Waals surface area contributed by atoms with Crippen molar-refractivity contribution >= 4 is 11.0 Å². The number of benzene rings is 1. The van der Waals surface area contributed by atoms with Crippen LogP contribution < -0.4 is 5.69 Å². The summed E-state index contributed by atoms with van der Waals surface area (Å²) in [6.07, 6.45) is 0.510. The third-order valence-corrected chi connectivity index (χ3v) is 2.58. The Morgan fingerprint density at radius 3 is 2.71 bits per heavy atom. The van der Waals surface area contributed by atoms with E-state index >= 15 is 0 Å². The zero-order valence-electron chi connectivity index (χ0n) is 7.70. The van der Waals surface area contributed by atoms with Crippen LogP contribution in [0.3, 0.4) is 0 Å². The molecule has 1 aromatic heterocycles. The first-order chi connectivity index (χ1) is 6.74. The van der Waals surface area contributed by atoms with Gasteiger partial charge >= 0.3 is 5.69 Å². The van der Waals surface area contributed by atoms with Gasteiger partial charge in [0.05, 0.1) is 17.1 Å². The molecule has 0 aliphatic carbocycles. The minimum atomic E-state index is -0.165. The summed E-state index contributed by atoms with van der Waals surface area (Å²) in [6, 6.07) is 5.85. The minimum Gasteiger partial charge on any atom is -0.365 e. The lowest BCUT2D eigenvalue weighted by molar-refractivity contribution is 0.383. The van der Waals surface area contributed by atoms with Gasteiger partial charge in [-0.1, -0.05) is 6.07 Å². The van der Waals surface area contributed by atoms with Gasteiger partial charge in [-0.15, -0.1) is 0 Å². The molecule has 0 spiro atoms. The number of aromatic amines is 2. The van der Waals surface area contributed by atoms with Gasteiger partial charge in [0.1, 0.15) is 6.10 Å². The molecule has 14 heavy (non-hydrogen) atoms. The predicted octanol–water partition coefficient (Wildman–Crippen LogP) is 1.32. The van der Waals surface area contributed by atoms with Crippen molar-refractivity contribution in [3.8, 4) is 0 Å². The number of ether oxygens (including phenoxy) is 1. The Morgan fingerprint density at radius 2 is 2.00 bits per heavy atom. The predicted molar refractivity (Wildman–Crippen MR) is 52.2 cm³/mol. The highest BCUT2D eigenvalue weighted by molar-refractivity contribution is 5.75. The van der Waals surface area contributed by atoms with Gasteiger partial charge in [0.2, 0.25) is 0 Å². The molecule has 1 aromatic carbocycles. The smallest absolute Gasteiger partial charge is 0.323 e. The van der Waals surface area contributed by atoms with Crippen LogP contribution in [-0.2, 0) is 4.74 Å². The van der Waals surface area contributed by atoms with E-state index in [1.165, 1.54) is 0 Å². The van der Waals surface area contributed by atoms with E-state index in [-0.39, 0.29) is 11.8 Å². The molecule has 2 unspecified atom stereocenters. The number of aromatic nitrogens is 2. The zero-order chi connectivity index (χ0) is 9.71. The Bertz CT molecular complexity index is 540. The van der Waals surface area contributed by atoms with Crippen molar-refractivity contribution in [2.24, 2.45) is 0 Å². The molecular weight excluding hydrogens is 180 g/mol. The number of hydrogen-bond acceptors (Lipinski definition) is 2. The summed E-state index contributed by atoms with van der Waals surface area (Å²) in [5.74, 6) is 0. The lowest BCUT2D eigenvalue weighted by Crippen LogP contribution is -1.99. The number of fused-ring (bicyclic) bond motifs is 1. The van der Waals surface area contributed by atoms with Crippen LogP contribution in [0.1, 0.15) is 18.6 Å². The molecule has 1 aliphatic rings. The Hall–Kier alpha value is -1.55. The number of nitrogens with one attached hydrogen (secondary N) is 2. The normalized spacial score (nSPS) is 25.5. The fraction of sp³-hybridized carbons (Fsp3) is 0.300. The van der Waals surface area contributed by atoms with Gasteiger partial charge in [-0.25, -0.2) is 4.79 Å². The molecule has 1 aliphatic heterocycles. The number of hydrogen-bond donors (Lipinski definition) is 2. The summed E-state index contributed by atoms with van der Waals surface area (Å²) in [6.45, 7) is 2.04. The largest absolute Gasteiger partial charge is 0.365 e. The minimum absolute atomic E-state index is 0.165. The molecule has 1 fully saturated rings. The lowest BCUT2D eigenvalue weighted by atomic mass is 10.1. The second kappa shape index (κ2) is 2.48. The van der Waals surface area contributed by atoms with Crippen molar-refractivity contribution in [1.82, 2.24) is 9.97 Å². The zero-order valence-corrected chi connectivity index (χ0v) is 7.70. The number of H-pyrrole nitrogens is 2. The summed E-state index contributed by atoms with van der Waals surface area (Å²) < 4.78 is 5.36. The summed E-state index contributed by atoms with van der Waals surface area (Å²) in [4.78, 5) is 16.4. The van der Waals surface area contributed by atoms with Crippen molar-refractivity contribution in [3.63, 3.8) is 0 Å². The molecule has 0 radical (unpaired) electrons. The maximum Gasteiger partial charge on any atom is 0.323 e. The quantitative estimate of drug-likeness (QED) is 0.666. The van der Waals surface area contributed by atoms with Crippen molar-refractivity contribution in [3.05, 3.63) is 34.2 Å². The van der Waals surface area contributed by atoms with Crippen LogP contribution in [-0.4, -0.2) is 16.1 Å². The molecule has 2 heterocycles. The fourth-order valence-electron chi connectivity index (χ4n) is 1.76. The Morgan fingerprint density at radius 1 is 1.29 bits per heavy atom. The van der Waals surface area contributed by atoms with Gasteiger partial charge in [0.25, 0.3) is 0 Å². The Kier molecular flexibility index (Phi) is 1.39. The highest BCUT2D eigenvalue weighted by atomic mass is 16.6. The van der Waals surface area contributed by atoms with Crippen LogP contribution in [0.25, 0.3) is 11.0 Å². The highest BCUT2D eigenvalue weighted by Gasteiger charge is 2.35. The number of rotatable bonds is 1. The average Bonchev–Trinajstić information content (AvgIpc) is 2.76. The molecule has 4 heteroatoms. The van der Waals surface area contributed by atoms with E-state index < -0.39 is 0 Å². The van der Waals surface area contributed by atoms with E-state index in [0.29, 0.717) is 6.10 Å². The molecule has 72 valence electrons. The van der Waals surface area contributed by atoms with Crippen LogP contribution in [0.15, 0.2) is 23.0 Å². The van der Waals surface area contributed by atoms with Crippen LogP contribution in [0, 0.1) is 0 Å². The van der Waals surface area contributed by atoms with E-state index in [1.807, 2.05) is 25.1 Å². The summed E-state index contributed by atoms with van der Waals surface area (Å²) >= 11 is 0. The van der Waals surface area contributed by atoms with Crippen molar-refractivity contribution < 1.29 is 4.74 Å². The molecule has 2 aromatic rings. The highest BCUT2D eigenvalue weighted by Crippen LogP contribution is 2.38. The van der Waals surface area contributed by atoms with Crippen molar-refractivity contribution in [1.29, 1.82) is 0 Å². The van der Waals surface area contributed by atoms with E-state index in [0.717, 1.165) is 16.6 Å². The molecule has 0 amide bonds. The third-order valence-electron chi connectivity index (χ3n) is 2.58. The standard InChI is InChI=1S/C10H10N2O2/c1-5-9(14-5)6-2-3-7-8(4-6)12-10(13)11-7/h2-5,9H,1H3,(H2,11,12,13). The van der Waals surface area contributed by atoms with Crippen LogP contribution >= 0.6 is 0 Å². The maximum absolute atomic E-state index is 11.0. The molecule has 0 saturated carbocycles. The molecule has 0 bridgehead atoms. The number of epoxide rings is 1. The van der Waals surface area contributed by atoms with Gasteiger partial charge in [-0.3, -0.25) is 0 Å². The second-order valence-electron chi connectivity index (χ2n) is 3.65. The summed E-state index contributed by atoms with van der Waals surface area (Å²) in [7, 11) is 0. The fourth-order valence-corrected chi connectivity index (χ4v) is 1.76. The molecule has 2 N–H and O–H groups in total. The van der Waals surface area contributed by atoms with Crippen LogP contribution in [0.4, 0.5) is 0 Å². The van der Waals surface area contributed by atoms with Crippen molar-refractivity contribution in [2.75, 3.05) is 0 Å². The first kappa shape index (κ1) is 7.82. The lowest BCUT2D eigenvalue weighted by Gasteiger charge is -1.94. The SMILES string of the molecule is CC1OC1c1ccc2[nH]c(=O)[nH]c2c1. The van der Waals surface area contributed by atoms with Crippen molar-refractivity contribution in [2.45, 2.75) is 19.1 Å². The molecule has 2 atom stereocenters. The van der Waals surface area contributed by atoms with E-state index in [2.05, 4.69) is 9.97 Å². The number of imidazole rings is 1. The molecule has 3 rings (SSSR count). The molecule has 4 nitrogen and oxygen atoms in total. The van der Waals surface area contributed by atoms with Gasteiger partial charge in [0, 0.05) is 0 Å².